The van der Waals surface area contributed by atoms with Crippen LogP contribution in [-0.2, 0) is 9.53 Å². The molecule has 7 nitrogen and oxygen atoms in total. The molecular formula is C13H15N5O2. The van der Waals surface area contributed by atoms with E-state index in [0.717, 1.165) is 29.8 Å². The standard InChI is InChI=1S/C13H15N5O2/c1-9-7-10(15-13(19)12-3-2-6-20-12)4-5-11(9)18-8-14-16-17-18/h4-5,7-8,12H,2-3,6H2,1H3,(H,15,19). The van der Waals surface area contributed by atoms with Crippen molar-refractivity contribution >= 4 is 11.6 Å². The minimum atomic E-state index is -0.325. The Balaban J connectivity index is 1.75. The SMILES string of the molecule is Cc1cc(NC(=O)C2CCCO2)ccc1-n1cnnn1. The van der Waals surface area contributed by atoms with Crippen LogP contribution in [0.4, 0.5) is 5.69 Å². The van der Waals surface area contributed by atoms with Gasteiger partial charge in [-0.15, -0.1) is 5.10 Å². The lowest BCUT2D eigenvalue weighted by Crippen LogP contribution is -2.26. The monoisotopic (exact) mass is 273 g/mol. The summed E-state index contributed by atoms with van der Waals surface area (Å²) in [7, 11) is 0. The normalized spacial score (nSPS) is 18.1. The molecule has 1 saturated heterocycles. The molecule has 3 rings (SSSR count). The second-order valence-corrected chi connectivity index (χ2v) is 4.75. The number of aromatic nitrogens is 4. The van der Waals surface area contributed by atoms with Gasteiger partial charge in [-0.05, 0) is 54.0 Å². The largest absolute Gasteiger partial charge is 0.368 e. The van der Waals surface area contributed by atoms with Crippen LogP contribution in [0.3, 0.4) is 0 Å². The molecule has 7 heteroatoms. The van der Waals surface area contributed by atoms with Gasteiger partial charge in [0.25, 0.3) is 5.91 Å². The van der Waals surface area contributed by atoms with E-state index in [0.29, 0.717) is 6.61 Å². The van der Waals surface area contributed by atoms with E-state index in [-0.39, 0.29) is 12.0 Å². The molecule has 0 radical (unpaired) electrons. The summed E-state index contributed by atoms with van der Waals surface area (Å²) in [5.41, 5.74) is 2.60. The number of tetrazole rings is 1. The van der Waals surface area contributed by atoms with Gasteiger partial charge in [-0.3, -0.25) is 4.79 Å². The molecule has 1 aromatic carbocycles. The van der Waals surface area contributed by atoms with E-state index in [1.165, 1.54) is 6.33 Å². The fourth-order valence-corrected chi connectivity index (χ4v) is 2.27. The van der Waals surface area contributed by atoms with E-state index in [4.69, 9.17) is 4.74 Å². The fraction of sp³-hybridized carbons (Fsp3) is 0.385. The lowest BCUT2D eigenvalue weighted by Gasteiger charge is -2.12. The lowest BCUT2D eigenvalue weighted by atomic mass is 10.1. The van der Waals surface area contributed by atoms with Gasteiger partial charge in [-0.1, -0.05) is 0 Å². The van der Waals surface area contributed by atoms with E-state index in [1.807, 2.05) is 25.1 Å². The van der Waals surface area contributed by atoms with E-state index in [2.05, 4.69) is 20.8 Å². The summed E-state index contributed by atoms with van der Waals surface area (Å²) in [5, 5.41) is 13.9. The number of aryl methyl sites for hydroxylation is 1. The third-order valence-electron chi connectivity index (χ3n) is 3.28. The Morgan fingerprint density at radius 2 is 2.40 bits per heavy atom. The third kappa shape index (κ3) is 2.53. The second-order valence-electron chi connectivity index (χ2n) is 4.75. The Bertz CT molecular complexity index is 605. The van der Waals surface area contributed by atoms with Crippen molar-refractivity contribution in [2.45, 2.75) is 25.9 Å². The maximum absolute atomic E-state index is 12.0. The first-order valence-electron chi connectivity index (χ1n) is 6.50. The van der Waals surface area contributed by atoms with Crippen molar-refractivity contribution in [1.82, 2.24) is 20.2 Å². The average molecular weight is 273 g/mol. The highest BCUT2D eigenvalue weighted by atomic mass is 16.5. The summed E-state index contributed by atoms with van der Waals surface area (Å²) >= 11 is 0. The second kappa shape index (κ2) is 5.38. The van der Waals surface area contributed by atoms with Crippen LogP contribution in [0.15, 0.2) is 24.5 Å². The summed E-state index contributed by atoms with van der Waals surface area (Å²) in [6, 6.07) is 5.59. The first kappa shape index (κ1) is 12.7. The van der Waals surface area contributed by atoms with Gasteiger partial charge in [0, 0.05) is 12.3 Å². The number of rotatable bonds is 3. The fourth-order valence-electron chi connectivity index (χ4n) is 2.27. The summed E-state index contributed by atoms with van der Waals surface area (Å²) < 4.78 is 6.94. The molecule has 0 saturated carbocycles. The van der Waals surface area contributed by atoms with Gasteiger partial charge in [0.05, 0.1) is 5.69 Å². The molecule has 0 bridgehead atoms. The van der Waals surface area contributed by atoms with Crippen LogP contribution in [0.2, 0.25) is 0 Å². The van der Waals surface area contributed by atoms with Gasteiger partial charge in [0.1, 0.15) is 12.4 Å². The maximum atomic E-state index is 12.0. The Labute approximate surface area is 115 Å². The van der Waals surface area contributed by atoms with Crippen LogP contribution in [0, 0.1) is 6.92 Å². The number of carbonyl (C=O) groups excluding carboxylic acids is 1. The molecule has 1 aromatic heterocycles. The zero-order valence-corrected chi connectivity index (χ0v) is 11.1. The number of nitrogens with zero attached hydrogens (tertiary/aromatic N) is 4. The van der Waals surface area contributed by atoms with Crippen LogP contribution in [0.5, 0.6) is 0 Å². The van der Waals surface area contributed by atoms with Gasteiger partial charge in [-0.2, -0.15) is 0 Å². The highest BCUT2D eigenvalue weighted by molar-refractivity contribution is 5.94. The first-order valence-corrected chi connectivity index (χ1v) is 6.50. The van der Waals surface area contributed by atoms with E-state index in [1.54, 1.807) is 4.68 Å². The highest BCUT2D eigenvalue weighted by Gasteiger charge is 2.23. The summed E-state index contributed by atoms with van der Waals surface area (Å²) in [5.74, 6) is -0.0860. The average Bonchev–Trinajstić information content (AvgIpc) is 3.12. The number of nitrogens with one attached hydrogen (secondary N) is 1. The van der Waals surface area contributed by atoms with Gasteiger partial charge in [-0.25, -0.2) is 4.68 Å². The number of hydrogen-bond acceptors (Lipinski definition) is 5. The van der Waals surface area contributed by atoms with Gasteiger partial charge >= 0.3 is 0 Å². The number of ether oxygens (including phenoxy) is 1. The van der Waals surface area contributed by atoms with E-state index >= 15 is 0 Å². The number of amides is 1. The molecule has 1 amide bonds. The molecule has 1 aliphatic heterocycles. The van der Waals surface area contributed by atoms with Gasteiger partial charge in [0.15, 0.2) is 0 Å². The molecule has 1 fully saturated rings. The zero-order valence-electron chi connectivity index (χ0n) is 11.1. The number of hydrogen-bond donors (Lipinski definition) is 1. The topological polar surface area (TPSA) is 81.9 Å². The smallest absolute Gasteiger partial charge is 0.253 e. The molecule has 1 atom stereocenters. The minimum absolute atomic E-state index is 0.0860. The van der Waals surface area contributed by atoms with Crippen molar-refractivity contribution in [3.63, 3.8) is 0 Å². The Morgan fingerprint density at radius 1 is 1.50 bits per heavy atom. The minimum Gasteiger partial charge on any atom is -0.368 e. The van der Waals surface area contributed by atoms with E-state index in [9.17, 15) is 4.79 Å². The molecule has 1 N–H and O–H groups in total. The van der Waals surface area contributed by atoms with Gasteiger partial charge < -0.3 is 10.1 Å². The van der Waals surface area contributed by atoms with Crippen LogP contribution in [0.1, 0.15) is 18.4 Å². The van der Waals surface area contributed by atoms with Crippen LogP contribution in [0.25, 0.3) is 5.69 Å². The van der Waals surface area contributed by atoms with Crippen molar-refractivity contribution in [1.29, 1.82) is 0 Å². The van der Waals surface area contributed by atoms with Gasteiger partial charge in [0.2, 0.25) is 0 Å². The molecule has 0 aliphatic carbocycles. The van der Waals surface area contributed by atoms with E-state index < -0.39 is 0 Å². The predicted octanol–water partition coefficient (Wildman–Crippen LogP) is 1.09. The quantitative estimate of drug-likeness (QED) is 0.905. The number of benzene rings is 1. The lowest BCUT2D eigenvalue weighted by molar-refractivity contribution is -0.124. The summed E-state index contributed by atoms with van der Waals surface area (Å²) in [6.07, 6.45) is 2.94. The molecule has 104 valence electrons. The number of anilines is 1. The number of carbonyl (C=O) groups is 1. The summed E-state index contributed by atoms with van der Waals surface area (Å²) in [6.45, 7) is 2.61. The molecule has 2 aromatic rings. The molecule has 1 unspecified atom stereocenters. The van der Waals surface area contributed by atoms with Crippen LogP contribution < -0.4 is 5.32 Å². The molecule has 20 heavy (non-hydrogen) atoms. The zero-order chi connectivity index (χ0) is 13.9. The van der Waals surface area contributed by atoms with Crippen molar-refractivity contribution in [3.05, 3.63) is 30.1 Å². The van der Waals surface area contributed by atoms with Crippen LogP contribution in [-0.4, -0.2) is 38.8 Å². The Hall–Kier alpha value is -2.28. The third-order valence-corrected chi connectivity index (χ3v) is 3.28. The van der Waals surface area contributed by atoms with Crippen molar-refractivity contribution in [2.75, 3.05) is 11.9 Å². The molecule has 1 aliphatic rings. The molecule has 2 heterocycles. The Morgan fingerprint density at radius 3 is 3.05 bits per heavy atom. The maximum Gasteiger partial charge on any atom is 0.253 e. The van der Waals surface area contributed by atoms with Crippen molar-refractivity contribution < 1.29 is 9.53 Å². The predicted molar refractivity (Wildman–Crippen MR) is 71.5 cm³/mol. The van der Waals surface area contributed by atoms with Crippen LogP contribution >= 0.6 is 0 Å². The molecule has 0 spiro atoms. The molecular weight excluding hydrogens is 258 g/mol. The van der Waals surface area contributed by atoms with Crippen molar-refractivity contribution in [2.24, 2.45) is 0 Å². The Kier molecular flexibility index (Phi) is 3.42. The highest BCUT2D eigenvalue weighted by Crippen LogP contribution is 2.19. The van der Waals surface area contributed by atoms with Crippen molar-refractivity contribution in [3.8, 4) is 5.69 Å². The summed E-state index contributed by atoms with van der Waals surface area (Å²) in [4.78, 5) is 12.0. The first-order chi connectivity index (χ1) is 9.74.